The summed E-state index contributed by atoms with van der Waals surface area (Å²) in [5.74, 6) is 0.139. The Kier molecular flexibility index (Phi) is 7.64. The maximum Gasteiger partial charge on any atom is 0.359 e. The molecule has 0 saturated carbocycles. The second-order valence-corrected chi connectivity index (χ2v) is 8.67. The molecule has 1 aliphatic heterocycles. The van der Waals surface area contributed by atoms with Gasteiger partial charge in [0.1, 0.15) is 23.0 Å². The van der Waals surface area contributed by atoms with Gasteiger partial charge in [-0.05, 0) is 47.0 Å². The summed E-state index contributed by atoms with van der Waals surface area (Å²) in [7, 11) is 1.74. The third-order valence-corrected chi connectivity index (χ3v) is 6.54. The van der Waals surface area contributed by atoms with E-state index >= 15 is 0 Å². The molecule has 0 aliphatic carbocycles. The highest BCUT2D eigenvalue weighted by molar-refractivity contribution is 9.10. The van der Waals surface area contributed by atoms with Crippen LogP contribution in [0.1, 0.15) is 28.5 Å². The molecule has 0 spiro atoms. The molecule has 1 N–H and O–H groups in total. The number of hydrogen-bond acceptors (Lipinski definition) is 6. The first kappa shape index (κ1) is 24.0. The van der Waals surface area contributed by atoms with E-state index < -0.39 is 12.0 Å². The van der Waals surface area contributed by atoms with Crippen LogP contribution in [0.5, 0.6) is 5.75 Å². The molecule has 1 aromatic heterocycles. The monoisotopic (exact) mass is 526 g/mol. The molecular weight excluding hydrogens is 500 g/mol. The van der Waals surface area contributed by atoms with Gasteiger partial charge in [-0.2, -0.15) is 5.10 Å². The highest BCUT2D eigenvalue weighted by atomic mass is 79.9. The van der Waals surface area contributed by atoms with E-state index in [2.05, 4.69) is 26.3 Å². The lowest BCUT2D eigenvalue weighted by molar-refractivity contribution is -0.120. The number of nitrogens with one attached hydrogen (secondary N) is 1. The second-order valence-electron chi connectivity index (χ2n) is 7.91. The highest BCUT2D eigenvalue weighted by Crippen LogP contribution is 2.30. The third kappa shape index (κ3) is 5.15. The fraction of sp³-hybridized carbons (Fsp3) is 0.320. The number of rotatable bonds is 8. The van der Waals surface area contributed by atoms with Gasteiger partial charge in [0.05, 0.1) is 18.8 Å². The summed E-state index contributed by atoms with van der Waals surface area (Å²) in [6, 6.07) is 16.9. The minimum atomic E-state index is -0.512. The van der Waals surface area contributed by atoms with E-state index in [1.807, 2.05) is 54.6 Å². The van der Waals surface area contributed by atoms with Crippen molar-refractivity contribution in [1.29, 1.82) is 0 Å². The molecule has 0 unspecified atom stereocenters. The molecule has 1 aliphatic rings. The van der Waals surface area contributed by atoms with Crippen LogP contribution < -0.4 is 15.0 Å². The third-order valence-electron chi connectivity index (χ3n) is 5.65. The number of nitrogens with zero attached hydrogens (tertiary/aromatic N) is 3. The molecule has 0 saturated heterocycles. The van der Waals surface area contributed by atoms with Crippen molar-refractivity contribution in [1.82, 2.24) is 15.1 Å². The number of para-hydroxylation sites is 2. The number of ether oxygens (including phenoxy) is 2. The van der Waals surface area contributed by atoms with Gasteiger partial charge in [-0.3, -0.25) is 9.48 Å². The summed E-state index contributed by atoms with van der Waals surface area (Å²) >= 11 is 3.62. The van der Waals surface area contributed by atoms with Gasteiger partial charge in [-0.15, -0.1) is 0 Å². The van der Waals surface area contributed by atoms with Gasteiger partial charge < -0.3 is 19.7 Å². The minimum absolute atomic E-state index is 0.0746. The Hall–Kier alpha value is -3.17. The second kappa shape index (κ2) is 10.8. The molecule has 1 atom stereocenters. The maximum absolute atomic E-state index is 13.0. The number of fused-ring (bicyclic) bond motifs is 1. The largest absolute Gasteiger partial charge is 0.489 e. The van der Waals surface area contributed by atoms with Crippen LogP contribution in [0.15, 0.2) is 59.2 Å². The van der Waals surface area contributed by atoms with E-state index in [-0.39, 0.29) is 24.8 Å². The van der Waals surface area contributed by atoms with E-state index in [1.165, 1.54) is 0 Å². The molecule has 34 heavy (non-hydrogen) atoms. The first-order valence-electron chi connectivity index (χ1n) is 11.2. The van der Waals surface area contributed by atoms with Gasteiger partial charge >= 0.3 is 5.97 Å². The predicted molar refractivity (Wildman–Crippen MR) is 132 cm³/mol. The summed E-state index contributed by atoms with van der Waals surface area (Å²) in [6.07, 6.45) is 0.476. The van der Waals surface area contributed by atoms with E-state index in [0.29, 0.717) is 29.9 Å². The number of amides is 1. The van der Waals surface area contributed by atoms with Crippen LogP contribution in [0.2, 0.25) is 0 Å². The summed E-state index contributed by atoms with van der Waals surface area (Å²) < 4.78 is 13.6. The lowest BCUT2D eigenvalue weighted by atomic mass is 10.1. The molecule has 178 valence electrons. The van der Waals surface area contributed by atoms with E-state index in [1.54, 1.807) is 23.6 Å². The molecular formula is C25H27BrN4O4. The lowest BCUT2D eigenvalue weighted by Gasteiger charge is -2.20. The molecule has 1 amide bonds. The van der Waals surface area contributed by atoms with E-state index in [4.69, 9.17) is 9.47 Å². The number of aromatic nitrogens is 2. The minimum Gasteiger partial charge on any atom is -0.489 e. The quantitative estimate of drug-likeness (QED) is 0.452. The van der Waals surface area contributed by atoms with Crippen LogP contribution in [-0.2, 0) is 22.5 Å². The molecule has 4 rings (SSSR count). The Morgan fingerprint density at radius 2 is 1.94 bits per heavy atom. The fourth-order valence-corrected chi connectivity index (χ4v) is 4.49. The number of carbonyl (C=O) groups is 2. The average molecular weight is 527 g/mol. The van der Waals surface area contributed by atoms with Gasteiger partial charge in [-0.25, -0.2) is 4.79 Å². The average Bonchev–Trinajstić information content (AvgIpc) is 3.10. The van der Waals surface area contributed by atoms with Crippen molar-refractivity contribution in [2.24, 2.45) is 0 Å². The fourth-order valence-electron chi connectivity index (χ4n) is 3.90. The van der Waals surface area contributed by atoms with Gasteiger partial charge in [-0.1, -0.05) is 42.5 Å². The topological polar surface area (TPSA) is 85.7 Å². The number of benzene rings is 2. The van der Waals surface area contributed by atoms with E-state index in [0.717, 1.165) is 16.8 Å². The van der Waals surface area contributed by atoms with Crippen molar-refractivity contribution >= 4 is 33.5 Å². The van der Waals surface area contributed by atoms with Crippen molar-refractivity contribution in [3.05, 3.63) is 76.0 Å². The number of esters is 1. The SMILES string of the molecule is CCOC(=O)c1nn(Cc2ccccc2)c(Br)c1CCN[C@H]1COc2ccccc2N(C)C1=O. The molecule has 0 fully saturated rings. The molecule has 0 radical (unpaired) electrons. The smallest absolute Gasteiger partial charge is 0.359 e. The van der Waals surface area contributed by atoms with Crippen LogP contribution in [-0.4, -0.2) is 54.5 Å². The summed E-state index contributed by atoms with van der Waals surface area (Å²) in [4.78, 5) is 27.2. The van der Waals surface area contributed by atoms with Crippen LogP contribution in [0.3, 0.4) is 0 Å². The van der Waals surface area contributed by atoms with Gasteiger partial charge in [0.15, 0.2) is 5.69 Å². The molecule has 0 bridgehead atoms. The van der Waals surface area contributed by atoms with Gasteiger partial charge in [0, 0.05) is 19.2 Å². The number of anilines is 1. The zero-order valence-corrected chi connectivity index (χ0v) is 20.7. The number of halogens is 1. The molecule has 9 heteroatoms. The molecule has 2 heterocycles. The standard InChI is InChI=1S/C25H27BrN4O4/c1-3-33-25(32)22-18(23(26)30(28-22)15-17-9-5-4-6-10-17)13-14-27-19-16-34-21-12-8-7-11-20(21)29(2)24(19)31/h4-12,19,27H,3,13-16H2,1-2H3/t19-/m0/s1. The normalized spacial score (nSPS) is 15.4. The van der Waals surface area contributed by atoms with E-state index in [9.17, 15) is 9.59 Å². The Balaban J connectivity index is 1.48. The van der Waals surface area contributed by atoms with Crippen molar-refractivity contribution < 1.29 is 19.1 Å². The van der Waals surface area contributed by atoms with Crippen LogP contribution in [0.4, 0.5) is 5.69 Å². The van der Waals surface area contributed by atoms with Crippen molar-refractivity contribution in [3.8, 4) is 5.75 Å². The Morgan fingerprint density at radius 1 is 1.21 bits per heavy atom. The van der Waals surface area contributed by atoms with Crippen molar-refractivity contribution in [2.75, 3.05) is 31.7 Å². The molecule has 2 aromatic carbocycles. The Morgan fingerprint density at radius 3 is 2.71 bits per heavy atom. The first-order chi connectivity index (χ1) is 16.5. The maximum atomic E-state index is 13.0. The zero-order chi connectivity index (χ0) is 24.1. The van der Waals surface area contributed by atoms with Gasteiger partial charge in [0.25, 0.3) is 0 Å². The summed E-state index contributed by atoms with van der Waals surface area (Å²) in [5, 5.41) is 7.81. The highest BCUT2D eigenvalue weighted by Gasteiger charge is 2.29. The van der Waals surface area contributed by atoms with Crippen LogP contribution in [0, 0.1) is 0 Å². The number of carbonyl (C=O) groups excluding carboxylic acids is 2. The lowest BCUT2D eigenvalue weighted by Crippen LogP contribution is -2.47. The Bertz CT molecular complexity index is 1160. The number of likely N-dealkylation sites (N-methyl/N-ethyl adjacent to an activating group) is 1. The van der Waals surface area contributed by atoms with Crippen LogP contribution in [0.25, 0.3) is 0 Å². The number of hydrogen-bond donors (Lipinski definition) is 1. The summed E-state index contributed by atoms with van der Waals surface area (Å²) in [5.41, 5.74) is 2.82. The molecule has 3 aromatic rings. The first-order valence-corrected chi connectivity index (χ1v) is 12.0. The van der Waals surface area contributed by atoms with Crippen molar-refractivity contribution in [2.45, 2.75) is 25.9 Å². The van der Waals surface area contributed by atoms with Crippen molar-refractivity contribution in [3.63, 3.8) is 0 Å². The van der Waals surface area contributed by atoms with Crippen LogP contribution >= 0.6 is 15.9 Å². The Labute approximate surface area is 207 Å². The summed E-state index contributed by atoms with van der Waals surface area (Å²) in [6.45, 7) is 3.21. The molecule has 8 nitrogen and oxygen atoms in total. The predicted octanol–water partition coefficient (Wildman–Crippen LogP) is 3.43. The zero-order valence-electron chi connectivity index (χ0n) is 19.2. The van der Waals surface area contributed by atoms with Gasteiger partial charge in [0.2, 0.25) is 5.91 Å².